The highest BCUT2D eigenvalue weighted by atomic mass is 16.5. The van der Waals surface area contributed by atoms with Gasteiger partial charge in [0.2, 0.25) is 5.89 Å². The number of benzene rings is 1. The molecule has 0 radical (unpaired) electrons. The zero-order valence-corrected chi connectivity index (χ0v) is 12.3. The van der Waals surface area contributed by atoms with E-state index in [2.05, 4.69) is 16.2 Å². The van der Waals surface area contributed by atoms with Gasteiger partial charge in [-0.2, -0.15) is 4.98 Å². The Labute approximate surface area is 123 Å². The van der Waals surface area contributed by atoms with Gasteiger partial charge in [0.15, 0.2) is 5.82 Å². The second kappa shape index (κ2) is 5.31. The average Bonchev–Trinajstić information content (AvgIpc) is 3.14. The fraction of sp³-hybridized carbons (Fsp3) is 0.438. The van der Waals surface area contributed by atoms with Crippen LogP contribution in [0.1, 0.15) is 42.6 Å². The summed E-state index contributed by atoms with van der Waals surface area (Å²) in [7, 11) is 0. The zero-order valence-electron chi connectivity index (χ0n) is 12.3. The van der Waals surface area contributed by atoms with E-state index in [9.17, 15) is 4.79 Å². The Hall–Kier alpha value is -2.17. The van der Waals surface area contributed by atoms with E-state index < -0.39 is 5.41 Å². The first-order valence-electron chi connectivity index (χ1n) is 7.20. The Bertz CT molecular complexity index is 659. The maximum atomic E-state index is 12.0. The van der Waals surface area contributed by atoms with Crippen molar-refractivity contribution >= 4 is 5.97 Å². The maximum absolute atomic E-state index is 12.0. The molecule has 5 nitrogen and oxygen atoms in total. The molecule has 0 saturated heterocycles. The van der Waals surface area contributed by atoms with Gasteiger partial charge in [0, 0.05) is 6.42 Å². The number of hydrogen-bond acceptors (Lipinski definition) is 5. The number of aromatic nitrogens is 2. The summed E-state index contributed by atoms with van der Waals surface area (Å²) in [6.07, 6.45) is 2.04. The van der Waals surface area contributed by atoms with Crippen LogP contribution in [0, 0.1) is 6.92 Å². The number of carbonyl (C=O) groups excluding carboxylic acids is 1. The number of aryl methyl sites for hydroxylation is 1. The molecule has 1 fully saturated rings. The van der Waals surface area contributed by atoms with Crippen LogP contribution in [-0.4, -0.2) is 22.7 Å². The van der Waals surface area contributed by atoms with Gasteiger partial charge in [-0.05, 0) is 32.3 Å². The van der Waals surface area contributed by atoms with Gasteiger partial charge in [0.1, 0.15) is 5.41 Å². The summed E-state index contributed by atoms with van der Waals surface area (Å²) in [6, 6.07) is 8.17. The largest absolute Gasteiger partial charge is 0.465 e. The van der Waals surface area contributed by atoms with E-state index in [1.807, 2.05) is 25.1 Å². The molecular weight excluding hydrogens is 268 g/mol. The third-order valence-electron chi connectivity index (χ3n) is 3.74. The van der Waals surface area contributed by atoms with Crippen LogP contribution in [0.25, 0.3) is 0 Å². The van der Waals surface area contributed by atoms with Crippen molar-refractivity contribution in [3.05, 3.63) is 47.1 Å². The van der Waals surface area contributed by atoms with Crippen molar-refractivity contribution in [3.63, 3.8) is 0 Å². The molecule has 1 saturated carbocycles. The molecule has 0 amide bonds. The first-order chi connectivity index (χ1) is 10.1. The van der Waals surface area contributed by atoms with E-state index in [0.29, 0.717) is 24.7 Å². The van der Waals surface area contributed by atoms with Crippen molar-refractivity contribution in [3.8, 4) is 0 Å². The minimum Gasteiger partial charge on any atom is -0.465 e. The summed E-state index contributed by atoms with van der Waals surface area (Å²) in [6.45, 7) is 4.21. The number of hydrogen-bond donors (Lipinski definition) is 0. The van der Waals surface area contributed by atoms with Gasteiger partial charge in [-0.15, -0.1) is 0 Å². The summed E-state index contributed by atoms with van der Waals surface area (Å²) in [4.78, 5) is 16.4. The van der Waals surface area contributed by atoms with Crippen LogP contribution in [0.5, 0.6) is 0 Å². The molecule has 1 aromatic carbocycles. The second-order valence-corrected chi connectivity index (χ2v) is 5.48. The van der Waals surface area contributed by atoms with Crippen LogP contribution in [0.15, 0.2) is 28.8 Å². The molecule has 0 unspecified atom stereocenters. The van der Waals surface area contributed by atoms with E-state index in [4.69, 9.17) is 9.26 Å². The van der Waals surface area contributed by atoms with Crippen LogP contribution in [-0.2, 0) is 21.4 Å². The Morgan fingerprint density at radius 3 is 2.90 bits per heavy atom. The number of rotatable bonds is 5. The third kappa shape index (κ3) is 2.68. The van der Waals surface area contributed by atoms with Crippen molar-refractivity contribution < 1.29 is 14.1 Å². The van der Waals surface area contributed by atoms with Gasteiger partial charge in [-0.25, -0.2) is 0 Å². The molecule has 5 heteroatoms. The van der Waals surface area contributed by atoms with Gasteiger partial charge in [0.05, 0.1) is 6.61 Å². The summed E-state index contributed by atoms with van der Waals surface area (Å²) >= 11 is 0. The van der Waals surface area contributed by atoms with Crippen molar-refractivity contribution in [1.29, 1.82) is 0 Å². The molecule has 1 aliphatic carbocycles. The highest BCUT2D eigenvalue weighted by Gasteiger charge is 2.57. The van der Waals surface area contributed by atoms with Crippen LogP contribution in [0.3, 0.4) is 0 Å². The zero-order chi connectivity index (χ0) is 14.9. The number of carbonyl (C=O) groups is 1. The lowest BCUT2D eigenvalue weighted by Gasteiger charge is -2.08. The number of ether oxygens (including phenoxy) is 1. The number of esters is 1. The Morgan fingerprint density at radius 1 is 1.43 bits per heavy atom. The highest BCUT2D eigenvalue weighted by molar-refractivity contribution is 5.85. The molecule has 1 aliphatic rings. The molecule has 1 aromatic heterocycles. The molecule has 0 spiro atoms. The number of nitrogens with zero attached hydrogens (tertiary/aromatic N) is 2. The summed E-state index contributed by atoms with van der Waals surface area (Å²) in [5, 5.41) is 4.00. The minimum absolute atomic E-state index is 0.254. The second-order valence-electron chi connectivity index (χ2n) is 5.48. The van der Waals surface area contributed by atoms with Crippen LogP contribution in [0.2, 0.25) is 0 Å². The molecular formula is C16H18N2O3. The Morgan fingerprint density at radius 2 is 2.24 bits per heavy atom. The smallest absolute Gasteiger partial charge is 0.321 e. The molecule has 1 heterocycles. The summed E-state index contributed by atoms with van der Waals surface area (Å²) < 4.78 is 10.4. The van der Waals surface area contributed by atoms with Crippen molar-refractivity contribution in [2.75, 3.05) is 6.61 Å². The van der Waals surface area contributed by atoms with Gasteiger partial charge in [0.25, 0.3) is 0 Å². The predicted octanol–water partition coefficient (Wildman–Crippen LogP) is 2.56. The monoisotopic (exact) mass is 286 g/mol. The van der Waals surface area contributed by atoms with E-state index >= 15 is 0 Å². The molecule has 0 aliphatic heterocycles. The van der Waals surface area contributed by atoms with Crippen molar-refractivity contribution in [2.24, 2.45) is 0 Å². The molecule has 2 aromatic rings. The molecule has 3 rings (SSSR count). The first-order valence-corrected chi connectivity index (χ1v) is 7.20. The van der Waals surface area contributed by atoms with E-state index in [1.165, 1.54) is 5.56 Å². The minimum atomic E-state index is -0.687. The predicted molar refractivity (Wildman–Crippen MR) is 75.8 cm³/mol. The lowest BCUT2D eigenvalue weighted by molar-refractivity contribution is -0.146. The normalized spacial score (nSPS) is 15.7. The molecule has 0 atom stereocenters. The summed E-state index contributed by atoms with van der Waals surface area (Å²) in [5.41, 5.74) is 1.64. The van der Waals surface area contributed by atoms with Crippen LogP contribution < -0.4 is 0 Å². The SMILES string of the molecule is CCOC(=O)C1(c2nc(Cc3cccc(C)c3)no2)CC1. The Kier molecular flexibility index (Phi) is 3.49. The fourth-order valence-corrected chi connectivity index (χ4v) is 2.42. The first kappa shape index (κ1) is 13.8. The molecule has 21 heavy (non-hydrogen) atoms. The molecule has 0 N–H and O–H groups in total. The van der Waals surface area contributed by atoms with E-state index in [-0.39, 0.29) is 5.97 Å². The summed E-state index contributed by atoms with van der Waals surface area (Å²) in [5.74, 6) is 0.741. The standard InChI is InChI=1S/C16H18N2O3/c1-3-20-15(19)16(7-8-16)14-17-13(18-21-14)10-12-6-4-5-11(2)9-12/h4-6,9H,3,7-8,10H2,1-2H3. The van der Waals surface area contributed by atoms with Crippen molar-refractivity contribution in [2.45, 2.75) is 38.5 Å². The van der Waals surface area contributed by atoms with Crippen molar-refractivity contribution in [1.82, 2.24) is 10.1 Å². The van der Waals surface area contributed by atoms with Gasteiger partial charge >= 0.3 is 5.97 Å². The lowest BCUT2D eigenvalue weighted by Crippen LogP contribution is -2.23. The third-order valence-corrected chi connectivity index (χ3v) is 3.74. The Balaban J connectivity index is 1.76. The topological polar surface area (TPSA) is 65.2 Å². The maximum Gasteiger partial charge on any atom is 0.321 e. The highest BCUT2D eigenvalue weighted by Crippen LogP contribution is 2.48. The van der Waals surface area contributed by atoms with E-state index in [1.54, 1.807) is 6.92 Å². The quantitative estimate of drug-likeness (QED) is 0.790. The molecule has 110 valence electrons. The lowest BCUT2D eigenvalue weighted by atomic mass is 10.1. The van der Waals surface area contributed by atoms with Crippen LogP contribution >= 0.6 is 0 Å². The average molecular weight is 286 g/mol. The van der Waals surface area contributed by atoms with Gasteiger partial charge < -0.3 is 9.26 Å². The van der Waals surface area contributed by atoms with Crippen LogP contribution in [0.4, 0.5) is 0 Å². The fourth-order valence-electron chi connectivity index (χ4n) is 2.42. The van der Waals surface area contributed by atoms with E-state index in [0.717, 1.165) is 18.4 Å². The molecule has 0 bridgehead atoms. The van der Waals surface area contributed by atoms with Gasteiger partial charge in [-0.3, -0.25) is 4.79 Å². The van der Waals surface area contributed by atoms with Gasteiger partial charge in [-0.1, -0.05) is 35.0 Å².